The molecule has 2 aromatic rings. The van der Waals surface area contributed by atoms with E-state index in [0.29, 0.717) is 5.01 Å². The highest BCUT2D eigenvalue weighted by atomic mass is 32.1. The quantitative estimate of drug-likeness (QED) is 0.595. The zero-order chi connectivity index (χ0) is 17.0. The first-order chi connectivity index (χ1) is 10.9. The molecule has 1 aromatic carbocycles. The van der Waals surface area contributed by atoms with E-state index in [2.05, 4.69) is 9.72 Å². The average Bonchev–Trinajstić information content (AvgIpc) is 2.99. The van der Waals surface area contributed by atoms with E-state index in [4.69, 9.17) is 0 Å². The van der Waals surface area contributed by atoms with Gasteiger partial charge in [-0.1, -0.05) is 0 Å². The van der Waals surface area contributed by atoms with E-state index in [0.717, 1.165) is 18.2 Å². The van der Waals surface area contributed by atoms with Crippen molar-refractivity contribution < 1.29 is 23.2 Å². The van der Waals surface area contributed by atoms with Crippen LogP contribution in [-0.4, -0.2) is 34.4 Å². The first-order valence-electron chi connectivity index (χ1n) is 6.25. The summed E-state index contributed by atoms with van der Waals surface area (Å²) in [6.45, 7) is -3.00. The molecule has 0 N–H and O–H groups in total. The van der Waals surface area contributed by atoms with Gasteiger partial charge >= 0.3 is 6.61 Å². The summed E-state index contributed by atoms with van der Waals surface area (Å²) < 4.78 is 29.2. The molecule has 1 amide bonds. The number of nitrogens with zero attached hydrogens (tertiary/aromatic N) is 3. The van der Waals surface area contributed by atoms with Gasteiger partial charge in [0.1, 0.15) is 10.8 Å². The number of aromatic nitrogens is 1. The molecule has 0 saturated carbocycles. The molecule has 1 aromatic heterocycles. The molecular formula is C13H11F2N3O4S. The number of carbonyl (C=O) groups excluding carboxylic acids is 1. The van der Waals surface area contributed by atoms with Gasteiger partial charge in [0.15, 0.2) is 0 Å². The molecule has 7 nitrogen and oxygen atoms in total. The van der Waals surface area contributed by atoms with E-state index in [1.54, 1.807) is 11.6 Å². The Morgan fingerprint density at radius 2 is 2.26 bits per heavy atom. The maximum absolute atomic E-state index is 12.4. The fourth-order valence-electron chi connectivity index (χ4n) is 1.81. The minimum Gasteiger partial charge on any atom is -0.434 e. The smallest absolute Gasteiger partial charge is 0.387 e. The maximum Gasteiger partial charge on any atom is 0.387 e. The Hall–Kier alpha value is -2.62. The van der Waals surface area contributed by atoms with Gasteiger partial charge in [-0.2, -0.15) is 8.78 Å². The summed E-state index contributed by atoms with van der Waals surface area (Å²) in [6, 6.07) is 2.89. The number of hydrogen-bond acceptors (Lipinski definition) is 6. The van der Waals surface area contributed by atoms with Gasteiger partial charge in [-0.3, -0.25) is 14.9 Å². The molecule has 0 spiro atoms. The van der Waals surface area contributed by atoms with Crippen LogP contribution in [0.1, 0.15) is 15.4 Å². The van der Waals surface area contributed by atoms with Crippen molar-refractivity contribution in [2.45, 2.75) is 13.2 Å². The third-order valence-corrected chi connectivity index (χ3v) is 3.59. The third-order valence-electron chi connectivity index (χ3n) is 2.82. The first-order valence-corrected chi connectivity index (χ1v) is 7.13. The molecule has 2 rings (SSSR count). The highest BCUT2D eigenvalue weighted by Gasteiger charge is 2.23. The van der Waals surface area contributed by atoms with Crippen LogP contribution in [0.3, 0.4) is 0 Å². The zero-order valence-electron chi connectivity index (χ0n) is 11.8. The predicted octanol–water partition coefficient (Wildman–Crippen LogP) is 2.92. The summed E-state index contributed by atoms with van der Waals surface area (Å²) in [4.78, 5) is 27.7. The third kappa shape index (κ3) is 4.19. The molecule has 122 valence electrons. The minimum atomic E-state index is -3.15. The van der Waals surface area contributed by atoms with Crippen LogP contribution in [0.2, 0.25) is 0 Å². The lowest BCUT2D eigenvalue weighted by atomic mass is 10.1. The molecule has 23 heavy (non-hydrogen) atoms. The lowest BCUT2D eigenvalue weighted by Crippen LogP contribution is -2.27. The number of rotatable bonds is 6. The lowest BCUT2D eigenvalue weighted by Gasteiger charge is -2.17. The van der Waals surface area contributed by atoms with Gasteiger partial charge in [-0.25, -0.2) is 4.98 Å². The Bertz CT molecular complexity index is 709. The molecule has 10 heteroatoms. The zero-order valence-corrected chi connectivity index (χ0v) is 12.6. The van der Waals surface area contributed by atoms with Crippen LogP contribution in [0.5, 0.6) is 5.75 Å². The van der Waals surface area contributed by atoms with Crippen LogP contribution in [0.25, 0.3) is 0 Å². The summed E-state index contributed by atoms with van der Waals surface area (Å²) >= 11 is 1.32. The molecule has 0 fully saturated rings. The summed E-state index contributed by atoms with van der Waals surface area (Å²) in [5.74, 6) is -1.10. The summed E-state index contributed by atoms with van der Waals surface area (Å²) in [5, 5.41) is 13.2. The van der Waals surface area contributed by atoms with Crippen LogP contribution in [0.15, 0.2) is 29.8 Å². The van der Waals surface area contributed by atoms with Crippen LogP contribution in [-0.2, 0) is 6.54 Å². The van der Waals surface area contributed by atoms with Gasteiger partial charge < -0.3 is 9.64 Å². The number of carbonyl (C=O) groups is 1. The van der Waals surface area contributed by atoms with Gasteiger partial charge in [0, 0.05) is 30.8 Å². The highest BCUT2D eigenvalue weighted by Crippen LogP contribution is 2.27. The minimum absolute atomic E-state index is 0.146. The second-order valence-electron chi connectivity index (χ2n) is 4.40. The van der Waals surface area contributed by atoms with Gasteiger partial charge in [-0.15, -0.1) is 11.3 Å². The molecule has 0 bridgehead atoms. The molecule has 0 atom stereocenters. The second-order valence-corrected chi connectivity index (χ2v) is 5.38. The van der Waals surface area contributed by atoms with Gasteiger partial charge in [0.05, 0.1) is 17.0 Å². The molecule has 0 aliphatic rings. The SMILES string of the molecule is CN(Cc1nccs1)C(=O)c1cc([N+](=O)[O-])ccc1OC(F)F. The number of nitro benzene ring substituents is 1. The normalized spacial score (nSPS) is 10.6. The summed E-state index contributed by atoms with van der Waals surface area (Å²) in [6.07, 6.45) is 1.57. The van der Waals surface area contributed by atoms with E-state index in [1.165, 1.54) is 23.3 Å². The van der Waals surface area contributed by atoms with Crippen LogP contribution in [0.4, 0.5) is 14.5 Å². The summed E-state index contributed by atoms with van der Waals surface area (Å²) in [5.41, 5.74) is -0.698. The number of non-ortho nitro benzene ring substituents is 1. The molecule has 0 aliphatic carbocycles. The Balaban J connectivity index is 2.31. The number of thiazole rings is 1. The number of nitro groups is 1. The fraction of sp³-hybridized carbons (Fsp3) is 0.231. The Morgan fingerprint density at radius 3 is 2.83 bits per heavy atom. The van der Waals surface area contributed by atoms with Crippen molar-refractivity contribution in [3.05, 3.63) is 50.5 Å². The topological polar surface area (TPSA) is 85.6 Å². The Labute approximate surface area is 133 Å². The van der Waals surface area contributed by atoms with Crippen LogP contribution in [0, 0.1) is 10.1 Å². The van der Waals surface area contributed by atoms with Crippen molar-refractivity contribution in [2.24, 2.45) is 0 Å². The van der Waals surface area contributed by atoms with E-state index < -0.39 is 28.9 Å². The van der Waals surface area contributed by atoms with Gasteiger partial charge in [-0.05, 0) is 6.07 Å². The number of halogens is 2. The number of ether oxygens (including phenoxy) is 1. The monoisotopic (exact) mass is 343 g/mol. The number of benzene rings is 1. The molecule has 0 radical (unpaired) electrons. The number of hydrogen-bond donors (Lipinski definition) is 0. The van der Waals surface area contributed by atoms with Crippen LogP contribution >= 0.6 is 11.3 Å². The average molecular weight is 343 g/mol. The summed E-state index contributed by atoms with van der Waals surface area (Å²) in [7, 11) is 1.44. The number of alkyl halides is 2. The Kier molecular flexibility index (Phi) is 5.16. The molecular weight excluding hydrogens is 332 g/mol. The van der Waals surface area contributed by atoms with E-state index in [1.807, 2.05) is 0 Å². The first kappa shape index (κ1) is 16.7. The van der Waals surface area contributed by atoms with E-state index in [9.17, 15) is 23.7 Å². The lowest BCUT2D eigenvalue weighted by molar-refractivity contribution is -0.384. The van der Waals surface area contributed by atoms with E-state index in [-0.39, 0.29) is 12.1 Å². The van der Waals surface area contributed by atoms with Gasteiger partial charge in [0.25, 0.3) is 11.6 Å². The van der Waals surface area contributed by atoms with Crippen LogP contribution < -0.4 is 4.74 Å². The molecule has 0 aliphatic heterocycles. The van der Waals surface area contributed by atoms with Gasteiger partial charge in [0.2, 0.25) is 0 Å². The van der Waals surface area contributed by atoms with Crippen molar-refractivity contribution in [1.82, 2.24) is 9.88 Å². The molecule has 0 unspecified atom stereocenters. The Morgan fingerprint density at radius 1 is 1.52 bits per heavy atom. The maximum atomic E-state index is 12.4. The highest BCUT2D eigenvalue weighted by molar-refractivity contribution is 7.09. The molecule has 1 heterocycles. The van der Waals surface area contributed by atoms with E-state index >= 15 is 0 Å². The number of amides is 1. The fourth-order valence-corrected chi connectivity index (χ4v) is 2.48. The standard InChI is InChI=1S/C13H11F2N3O4S/c1-17(7-11-16-4-5-23-11)12(19)9-6-8(18(20)21)2-3-10(9)22-13(14)15/h2-6,13H,7H2,1H3. The second kappa shape index (κ2) is 7.09. The largest absolute Gasteiger partial charge is 0.434 e. The van der Waals surface area contributed by atoms with Crippen molar-refractivity contribution >= 4 is 22.9 Å². The van der Waals surface area contributed by atoms with Crippen molar-refractivity contribution in [3.63, 3.8) is 0 Å². The van der Waals surface area contributed by atoms with Crippen molar-refractivity contribution in [1.29, 1.82) is 0 Å². The van der Waals surface area contributed by atoms with Crippen molar-refractivity contribution in [2.75, 3.05) is 7.05 Å². The van der Waals surface area contributed by atoms with Crippen molar-refractivity contribution in [3.8, 4) is 5.75 Å². The predicted molar refractivity (Wildman–Crippen MR) is 77.6 cm³/mol. The molecule has 0 saturated heterocycles.